The Morgan fingerprint density at radius 1 is 1.38 bits per heavy atom. The SMILES string of the molecule is C#Cc1cccc(N(Cc2cccs2)C(=O)Cc2cnn(C)c2)c1. The van der Waals surface area contributed by atoms with Crippen LogP contribution < -0.4 is 4.90 Å². The Hall–Kier alpha value is -2.84. The number of thiophene rings is 1. The van der Waals surface area contributed by atoms with Crippen molar-refractivity contribution in [2.24, 2.45) is 7.05 Å². The smallest absolute Gasteiger partial charge is 0.231 e. The Labute approximate surface area is 145 Å². The highest BCUT2D eigenvalue weighted by Gasteiger charge is 2.18. The van der Waals surface area contributed by atoms with E-state index in [0.29, 0.717) is 13.0 Å². The van der Waals surface area contributed by atoms with Crippen molar-refractivity contribution in [2.45, 2.75) is 13.0 Å². The average Bonchev–Trinajstić information content (AvgIpc) is 3.24. The van der Waals surface area contributed by atoms with E-state index in [2.05, 4.69) is 11.0 Å². The minimum atomic E-state index is 0.0190. The highest BCUT2D eigenvalue weighted by atomic mass is 32.1. The molecule has 1 amide bonds. The summed E-state index contributed by atoms with van der Waals surface area (Å²) < 4.78 is 1.70. The fourth-order valence-electron chi connectivity index (χ4n) is 2.48. The number of benzene rings is 1. The molecule has 0 unspecified atom stereocenters. The van der Waals surface area contributed by atoms with Crippen LogP contribution in [0.15, 0.2) is 54.2 Å². The van der Waals surface area contributed by atoms with E-state index in [9.17, 15) is 4.79 Å². The van der Waals surface area contributed by atoms with Gasteiger partial charge in [-0.05, 0) is 35.2 Å². The summed E-state index contributed by atoms with van der Waals surface area (Å²) in [6.45, 7) is 0.533. The van der Waals surface area contributed by atoms with E-state index < -0.39 is 0 Å². The van der Waals surface area contributed by atoms with Crippen LogP contribution in [0.25, 0.3) is 0 Å². The summed E-state index contributed by atoms with van der Waals surface area (Å²) in [6, 6.07) is 11.5. The van der Waals surface area contributed by atoms with Gasteiger partial charge in [0.25, 0.3) is 0 Å². The maximum atomic E-state index is 12.9. The molecule has 0 aliphatic rings. The van der Waals surface area contributed by atoms with Crippen LogP contribution in [0.1, 0.15) is 16.0 Å². The highest BCUT2D eigenvalue weighted by Crippen LogP contribution is 2.22. The van der Waals surface area contributed by atoms with E-state index in [1.165, 1.54) is 0 Å². The first kappa shape index (κ1) is 16.0. The van der Waals surface area contributed by atoms with Crippen molar-refractivity contribution < 1.29 is 4.79 Å². The van der Waals surface area contributed by atoms with Gasteiger partial charge in [0.05, 0.1) is 19.2 Å². The molecule has 0 aliphatic heterocycles. The largest absolute Gasteiger partial charge is 0.307 e. The Balaban J connectivity index is 1.88. The fraction of sp³-hybridized carbons (Fsp3) is 0.158. The van der Waals surface area contributed by atoms with Crippen molar-refractivity contribution >= 4 is 22.9 Å². The Kier molecular flexibility index (Phi) is 4.78. The van der Waals surface area contributed by atoms with E-state index >= 15 is 0 Å². The summed E-state index contributed by atoms with van der Waals surface area (Å²) in [4.78, 5) is 15.8. The summed E-state index contributed by atoms with van der Waals surface area (Å²) in [5.74, 6) is 2.64. The maximum Gasteiger partial charge on any atom is 0.231 e. The number of hydrogen-bond acceptors (Lipinski definition) is 3. The molecule has 0 saturated heterocycles. The second-order valence-electron chi connectivity index (χ2n) is 5.45. The molecule has 24 heavy (non-hydrogen) atoms. The first-order valence-electron chi connectivity index (χ1n) is 7.52. The molecule has 5 heteroatoms. The van der Waals surface area contributed by atoms with Crippen LogP contribution in [0.3, 0.4) is 0 Å². The molecular formula is C19H17N3OS. The molecule has 0 aliphatic carbocycles. The molecule has 0 saturated carbocycles. The average molecular weight is 335 g/mol. The van der Waals surface area contributed by atoms with Gasteiger partial charge in [0, 0.05) is 29.4 Å². The second kappa shape index (κ2) is 7.16. The number of anilines is 1. The topological polar surface area (TPSA) is 38.1 Å². The van der Waals surface area contributed by atoms with Gasteiger partial charge < -0.3 is 4.90 Å². The first-order valence-corrected chi connectivity index (χ1v) is 8.40. The molecule has 0 fully saturated rings. The zero-order chi connectivity index (χ0) is 16.9. The molecule has 4 nitrogen and oxygen atoms in total. The summed E-state index contributed by atoms with van der Waals surface area (Å²) >= 11 is 1.63. The van der Waals surface area contributed by atoms with Gasteiger partial charge in [-0.3, -0.25) is 9.48 Å². The van der Waals surface area contributed by atoms with Crippen LogP contribution >= 0.6 is 11.3 Å². The quantitative estimate of drug-likeness (QED) is 0.671. The minimum Gasteiger partial charge on any atom is -0.307 e. The number of hydrogen-bond donors (Lipinski definition) is 0. The summed E-state index contributed by atoms with van der Waals surface area (Å²) in [7, 11) is 1.84. The van der Waals surface area contributed by atoms with Crippen molar-refractivity contribution in [3.63, 3.8) is 0 Å². The number of carbonyl (C=O) groups excluding carboxylic acids is 1. The number of aryl methyl sites for hydroxylation is 1. The van der Waals surface area contributed by atoms with Crippen molar-refractivity contribution in [3.8, 4) is 12.3 Å². The maximum absolute atomic E-state index is 12.9. The van der Waals surface area contributed by atoms with Gasteiger partial charge >= 0.3 is 0 Å². The molecule has 0 atom stereocenters. The molecule has 1 aromatic carbocycles. The van der Waals surface area contributed by atoms with Crippen LogP contribution in [-0.2, 0) is 24.8 Å². The van der Waals surface area contributed by atoms with Crippen LogP contribution in [0.2, 0.25) is 0 Å². The molecule has 120 valence electrons. The fourth-order valence-corrected chi connectivity index (χ4v) is 3.17. The Morgan fingerprint density at radius 2 is 2.25 bits per heavy atom. The zero-order valence-electron chi connectivity index (χ0n) is 13.3. The standard InChI is InChI=1S/C19H17N3OS/c1-3-15-6-4-7-17(10-15)22(14-18-8-5-9-24-18)19(23)11-16-12-20-21(2)13-16/h1,4-10,12-13H,11,14H2,2H3. The van der Waals surface area contributed by atoms with Gasteiger partial charge in [0.2, 0.25) is 5.91 Å². The molecule has 2 aromatic heterocycles. The second-order valence-corrected chi connectivity index (χ2v) is 6.49. The van der Waals surface area contributed by atoms with Crippen molar-refractivity contribution in [1.29, 1.82) is 0 Å². The van der Waals surface area contributed by atoms with Gasteiger partial charge in [-0.2, -0.15) is 5.10 Å². The summed E-state index contributed by atoms with van der Waals surface area (Å²) in [5.41, 5.74) is 2.47. The van der Waals surface area contributed by atoms with Crippen LogP contribution in [0.4, 0.5) is 5.69 Å². The van der Waals surface area contributed by atoms with Crippen molar-refractivity contribution in [1.82, 2.24) is 9.78 Å². The van der Waals surface area contributed by atoms with E-state index in [4.69, 9.17) is 6.42 Å². The Morgan fingerprint density at radius 3 is 2.92 bits per heavy atom. The van der Waals surface area contributed by atoms with Gasteiger partial charge in [-0.1, -0.05) is 18.1 Å². The molecular weight excluding hydrogens is 318 g/mol. The number of aromatic nitrogens is 2. The van der Waals surface area contributed by atoms with Crippen molar-refractivity contribution in [3.05, 3.63) is 70.2 Å². The number of carbonyl (C=O) groups is 1. The lowest BCUT2D eigenvalue weighted by Crippen LogP contribution is -2.31. The van der Waals surface area contributed by atoms with Crippen LogP contribution in [0, 0.1) is 12.3 Å². The summed E-state index contributed by atoms with van der Waals surface area (Å²) in [6.07, 6.45) is 9.38. The van der Waals surface area contributed by atoms with Crippen LogP contribution in [0.5, 0.6) is 0 Å². The van der Waals surface area contributed by atoms with Gasteiger partial charge in [0.15, 0.2) is 0 Å². The molecule has 0 N–H and O–H groups in total. The molecule has 0 bridgehead atoms. The number of amides is 1. The van der Waals surface area contributed by atoms with E-state index in [1.807, 2.05) is 55.0 Å². The monoisotopic (exact) mass is 335 g/mol. The Bertz CT molecular complexity index is 874. The van der Waals surface area contributed by atoms with Gasteiger partial charge in [0.1, 0.15) is 0 Å². The third-order valence-corrected chi connectivity index (χ3v) is 4.49. The third kappa shape index (κ3) is 3.73. The zero-order valence-corrected chi connectivity index (χ0v) is 14.2. The first-order chi connectivity index (χ1) is 11.7. The lowest BCUT2D eigenvalue weighted by Gasteiger charge is -2.22. The van der Waals surface area contributed by atoms with E-state index in [-0.39, 0.29) is 5.91 Å². The predicted molar refractivity (Wildman–Crippen MR) is 96.8 cm³/mol. The third-order valence-electron chi connectivity index (χ3n) is 3.63. The number of terminal acetylenes is 1. The molecule has 0 spiro atoms. The molecule has 0 radical (unpaired) electrons. The van der Waals surface area contributed by atoms with E-state index in [1.54, 1.807) is 27.1 Å². The van der Waals surface area contributed by atoms with Gasteiger partial charge in [-0.15, -0.1) is 17.8 Å². The number of nitrogens with zero attached hydrogens (tertiary/aromatic N) is 3. The van der Waals surface area contributed by atoms with Crippen LogP contribution in [-0.4, -0.2) is 15.7 Å². The minimum absolute atomic E-state index is 0.0190. The van der Waals surface area contributed by atoms with E-state index in [0.717, 1.165) is 21.7 Å². The normalized spacial score (nSPS) is 10.3. The number of rotatable bonds is 5. The lowest BCUT2D eigenvalue weighted by atomic mass is 10.1. The van der Waals surface area contributed by atoms with Crippen molar-refractivity contribution in [2.75, 3.05) is 4.90 Å². The molecule has 3 aromatic rings. The highest BCUT2D eigenvalue weighted by molar-refractivity contribution is 7.09. The lowest BCUT2D eigenvalue weighted by molar-refractivity contribution is -0.118. The van der Waals surface area contributed by atoms with Gasteiger partial charge in [-0.25, -0.2) is 0 Å². The summed E-state index contributed by atoms with van der Waals surface area (Å²) in [5, 5.41) is 6.14. The molecule has 2 heterocycles. The molecule has 3 rings (SSSR count). The predicted octanol–water partition coefficient (Wildman–Crippen LogP) is 3.24.